The number of hydrogen-bond acceptors (Lipinski definition) is 3. The van der Waals surface area contributed by atoms with Gasteiger partial charge in [-0.3, -0.25) is 14.6 Å². The molecule has 0 spiro atoms. The average Bonchev–Trinajstić information content (AvgIpc) is 2.58. The lowest BCUT2D eigenvalue weighted by Crippen LogP contribution is -2.42. The second-order valence-electron chi connectivity index (χ2n) is 4.85. The maximum absolute atomic E-state index is 12.2. The van der Waals surface area contributed by atoms with Gasteiger partial charge in [0.15, 0.2) is 0 Å². The molecular formula is C17H19N3O2. The molecule has 22 heavy (non-hydrogen) atoms. The Morgan fingerprint density at radius 2 is 1.82 bits per heavy atom. The van der Waals surface area contributed by atoms with Crippen LogP contribution in [0.25, 0.3) is 0 Å². The van der Waals surface area contributed by atoms with Crippen LogP contribution in [0.1, 0.15) is 18.1 Å². The van der Waals surface area contributed by atoms with Crippen LogP contribution in [-0.2, 0) is 22.7 Å². The molecule has 0 fully saturated rings. The highest BCUT2D eigenvalue weighted by molar-refractivity contribution is 6.34. The van der Waals surface area contributed by atoms with E-state index >= 15 is 0 Å². The molecule has 0 aliphatic rings. The van der Waals surface area contributed by atoms with Crippen LogP contribution in [0, 0.1) is 0 Å². The number of pyridine rings is 1. The summed E-state index contributed by atoms with van der Waals surface area (Å²) in [4.78, 5) is 29.7. The fraction of sp³-hybridized carbons (Fsp3) is 0.235. The Balaban J connectivity index is 1.91. The van der Waals surface area contributed by atoms with Crippen molar-refractivity contribution in [3.8, 4) is 0 Å². The average molecular weight is 297 g/mol. The molecular weight excluding hydrogens is 278 g/mol. The van der Waals surface area contributed by atoms with Crippen LogP contribution in [-0.4, -0.2) is 28.2 Å². The lowest BCUT2D eigenvalue weighted by molar-refractivity contribution is -0.146. The highest BCUT2D eigenvalue weighted by atomic mass is 16.2. The Kier molecular flexibility index (Phi) is 5.65. The van der Waals surface area contributed by atoms with Crippen LogP contribution < -0.4 is 5.32 Å². The molecule has 5 heteroatoms. The minimum atomic E-state index is -0.596. The largest absolute Gasteiger partial charge is 0.344 e. The molecule has 1 heterocycles. The van der Waals surface area contributed by atoms with E-state index in [1.54, 1.807) is 18.5 Å². The summed E-state index contributed by atoms with van der Waals surface area (Å²) in [6, 6.07) is 13.2. The van der Waals surface area contributed by atoms with Gasteiger partial charge in [0, 0.05) is 32.0 Å². The molecule has 1 N–H and O–H groups in total. The van der Waals surface area contributed by atoms with Gasteiger partial charge in [0.05, 0.1) is 0 Å². The SMILES string of the molecule is CCN(Cc1ccccc1)C(=O)C(=O)NCc1cccnc1. The zero-order valence-electron chi connectivity index (χ0n) is 12.5. The Hall–Kier alpha value is -2.69. The molecule has 0 unspecified atom stereocenters. The Labute approximate surface area is 130 Å². The van der Waals surface area contributed by atoms with E-state index in [9.17, 15) is 9.59 Å². The molecule has 0 aliphatic carbocycles. The molecule has 114 valence electrons. The summed E-state index contributed by atoms with van der Waals surface area (Å²) < 4.78 is 0. The van der Waals surface area contributed by atoms with Crippen molar-refractivity contribution in [3.63, 3.8) is 0 Å². The van der Waals surface area contributed by atoms with Gasteiger partial charge in [-0.2, -0.15) is 0 Å². The van der Waals surface area contributed by atoms with Crippen molar-refractivity contribution in [1.29, 1.82) is 0 Å². The predicted octanol–water partition coefficient (Wildman–Crippen LogP) is 1.75. The van der Waals surface area contributed by atoms with E-state index in [0.717, 1.165) is 11.1 Å². The van der Waals surface area contributed by atoms with E-state index in [-0.39, 0.29) is 0 Å². The smallest absolute Gasteiger partial charge is 0.312 e. The van der Waals surface area contributed by atoms with Crippen molar-refractivity contribution in [1.82, 2.24) is 15.2 Å². The first-order valence-electron chi connectivity index (χ1n) is 7.20. The Bertz CT molecular complexity index is 614. The first-order valence-corrected chi connectivity index (χ1v) is 7.20. The van der Waals surface area contributed by atoms with E-state index in [1.165, 1.54) is 4.90 Å². The lowest BCUT2D eigenvalue weighted by Gasteiger charge is -2.20. The maximum atomic E-state index is 12.2. The molecule has 1 aromatic heterocycles. The number of nitrogens with one attached hydrogen (secondary N) is 1. The van der Waals surface area contributed by atoms with Crippen LogP contribution in [0.5, 0.6) is 0 Å². The van der Waals surface area contributed by atoms with Crippen LogP contribution >= 0.6 is 0 Å². The fourth-order valence-corrected chi connectivity index (χ4v) is 2.04. The highest BCUT2D eigenvalue weighted by Gasteiger charge is 2.20. The molecule has 0 radical (unpaired) electrons. The quantitative estimate of drug-likeness (QED) is 0.855. The number of aromatic nitrogens is 1. The molecule has 2 amide bonds. The summed E-state index contributed by atoms with van der Waals surface area (Å²) in [6.07, 6.45) is 3.32. The number of carbonyl (C=O) groups is 2. The molecule has 0 aliphatic heterocycles. The maximum Gasteiger partial charge on any atom is 0.312 e. The zero-order chi connectivity index (χ0) is 15.8. The van der Waals surface area contributed by atoms with Crippen molar-refractivity contribution in [2.75, 3.05) is 6.54 Å². The van der Waals surface area contributed by atoms with Crippen molar-refractivity contribution in [2.24, 2.45) is 0 Å². The minimum absolute atomic E-state index is 0.293. The summed E-state index contributed by atoms with van der Waals surface area (Å²) in [5.41, 5.74) is 1.85. The monoisotopic (exact) mass is 297 g/mol. The van der Waals surface area contributed by atoms with Gasteiger partial charge >= 0.3 is 11.8 Å². The van der Waals surface area contributed by atoms with E-state index in [0.29, 0.717) is 19.6 Å². The number of amides is 2. The molecule has 5 nitrogen and oxygen atoms in total. The van der Waals surface area contributed by atoms with E-state index in [2.05, 4.69) is 10.3 Å². The van der Waals surface area contributed by atoms with E-state index < -0.39 is 11.8 Å². The van der Waals surface area contributed by atoms with Crippen LogP contribution in [0.15, 0.2) is 54.9 Å². The molecule has 2 aromatic rings. The highest BCUT2D eigenvalue weighted by Crippen LogP contribution is 2.05. The van der Waals surface area contributed by atoms with Gasteiger partial charge in [-0.15, -0.1) is 0 Å². The zero-order valence-corrected chi connectivity index (χ0v) is 12.5. The van der Waals surface area contributed by atoms with Gasteiger partial charge in [-0.1, -0.05) is 36.4 Å². The first-order chi connectivity index (χ1) is 10.7. The third-order valence-electron chi connectivity index (χ3n) is 3.26. The Morgan fingerprint density at radius 1 is 1.09 bits per heavy atom. The summed E-state index contributed by atoms with van der Waals surface area (Å²) in [5, 5.41) is 2.63. The lowest BCUT2D eigenvalue weighted by atomic mass is 10.2. The first kappa shape index (κ1) is 15.7. The molecule has 0 bridgehead atoms. The van der Waals surface area contributed by atoms with Crippen molar-refractivity contribution in [3.05, 3.63) is 66.0 Å². The van der Waals surface area contributed by atoms with Gasteiger partial charge in [0.2, 0.25) is 0 Å². The van der Waals surface area contributed by atoms with Crippen LogP contribution in [0.2, 0.25) is 0 Å². The fourth-order valence-electron chi connectivity index (χ4n) is 2.04. The third-order valence-corrected chi connectivity index (χ3v) is 3.26. The Morgan fingerprint density at radius 3 is 2.45 bits per heavy atom. The normalized spacial score (nSPS) is 10.0. The second-order valence-corrected chi connectivity index (χ2v) is 4.85. The number of likely N-dealkylation sites (N-methyl/N-ethyl adjacent to an activating group) is 1. The third kappa shape index (κ3) is 4.41. The minimum Gasteiger partial charge on any atom is -0.344 e. The number of nitrogens with zero attached hydrogens (tertiary/aromatic N) is 2. The number of carbonyl (C=O) groups excluding carboxylic acids is 2. The van der Waals surface area contributed by atoms with Crippen LogP contribution in [0.4, 0.5) is 0 Å². The standard InChI is InChI=1S/C17H19N3O2/c1-2-20(13-14-7-4-3-5-8-14)17(22)16(21)19-12-15-9-6-10-18-11-15/h3-11H,2,12-13H2,1H3,(H,19,21). The van der Waals surface area contributed by atoms with Gasteiger partial charge in [-0.05, 0) is 24.1 Å². The van der Waals surface area contributed by atoms with Gasteiger partial charge in [0.1, 0.15) is 0 Å². The summed E-state index contributed by atoms with van der Waals surface area (Å²) >= 11 is 0. The van der Waals surface area contributed by atoms with Crippen LogP contribution in [0.3, 0.4) is 0 Å². The van der Waals surface area contributed by atoms with Crippen molar-refractivity contribution in [2.45, 2.75) is 20.0 Å². The topological polar surface area (TPSA) is 62.3 Å². The second kappa shape index (κ2) is 7.93. The van der Waals surface area contributed by atoms with Gasteiger partial charge < -0.3 is 10.2 Å². The summed E-state index contributed by atoms with van der Waals surface area (Å²) in [7, 11) is 0. The molecule has 0 atom stereocenters. The summed E-state index contributed by atoms with van der Waals surface area (Å²) in [5.74, 6) is -1.11. The van der Waals surface area contributed by atoms with Crippen molar-refractivity contribution < 1.29 is 9.59 Å². The van der Waals surface area contributed by atoms with E-state index in [1.807, 2.05) is 43.3 Å². The molecule has 0 saturated carbocycles. The number of hydrogen-bond donors (Lipinski definition) is 1. The molecule has 2 rings (SSSR count). The molecule has 1 aromatic carbocycles. The van der Waals surface area contributed by atoms with Gasteiger partial charge in [0.25, 0.3) is 0 Å². The number of rotatable bonds is 5. The van der Waals surface area contributed by atoms with Crippen molar-refractivity contribution >= 4 is 11.8 Å². The number of benzene rings is 1. The predicted molar refractivity (Wildman–Crippen MR) is 83.6 cm³/mol. The summed E-state index contributed by atoms with van der Waals surface area (Å²) in [6.45, 7) is 3.06. The van der Waals surface area contributed by atoms with E-state index in [4.69, 9.17) is 0 Å². The molecule has 0 saturated heterocycles. The van der Waals surface area contributed by atoms with Gasteiger partial charge in [-0.25, -0.2) is 0 Å².